The summed E-state index contributed by atoms with van der Waals surface area (Å²) in [5.74, 6) is 0. The maximum atomic E-state index is 3.89. The summed E-state index contributed by atoms with van der Waals surface area (Å²) < 4.78 is 0. The van der Waals surface area contributed by atoms with Crippen molar-refractivity contribution in [3.63, 3.8) is 0 Å². The van der Waals surface area contributed by atoms with Crippen molar-refractivity contribution >= 4 is 12.0 Å². The fraction of sp³-hybridized carbons (Fsp3) is 0.125. The Bertz CT molecular complexity index is 255. The maximum absolute atomic E-state index is 3.89. The number of anilines is 1. The molecule has 0 aromatic heterocycles. The van der Waals surface area contributed by atoms with E-state index in [9.17, 15) is 0 Å². The van der Waals surface area contributed by atoms with Gasteiger partial charge in [0.15, 0.2) is 0 Å². The van der Waals surface area contributed by atoms with Gasteiger partial charge in [0.05, 0.1) is 0 Å². The Morgan fingerprint density at radius 3 is 2.73 bits per heavy atom. The molecule has 56 valence electrons. The van der Waals surface area contributed by atoms with Gasteiger partial charge in [-0.05, 0) is 12.1 Å². The average Bonchev–Trinajstić information content (AvgIpc) is 2.58. The lowest BCUT2D eigenvalue weighted by Gasteiger charge is -2.11. The van der Waals surface area contributed by atoms with Crippen LogP contribution in [0.1, 0.15) is 0 Å². The van der Waals surface area contributed by atoms with E-state index in [0.717, 1.165) is 6.67 Å². The van der Waals surface area contributed by atoms with Crippen LogP contribution in [0.2, 0.25) is 0 Å². The lowest BCUT2D eigenvalue weighted by atomic mass is 10.3. The van der Waals surface area contributed by atoms with Gasteiger partial charge in [0.2, 0.25) is 0 Å². The third kappa shape index (κ3) is 1.17. The van der Waals surface area contributed by atoms with Gasteiger partial charge in [0.25, 0.3) is 0 Å². The second-order valence-electron chi connectivity index (χ2n) is 2.37. The zero-order chi connectivity index (χ0) is 7.52. The molecule has 2 rings (SSSR count). The first-order valence-electron chi connectivity index (χ1n) is 3.54. The van der Waals surface area contributed by atoms with E-state index in [4.69, 9.17) is 0 Å². The summed E-state index contributed by atoms with van der Waals surface area (Å²) in [6.07, 6.45) is 1.79. The minimum Gasteiger partial charge on any atom is -0.311 e. The molecule has 0 amide bonds. The normalized spacial score (nSPS) is 15.1. The van der Waals surface area contributed by atoms with Crippen LogP contribution in [0.5, 0.6) is 0 Å². The van der Waals surface area contributed by atoms with Crippen molar-refractivity contribution in [1.29, 1.82) is 0 Å². The van der Waals surface area contributed by atoms with Crippen LogP contribution in [-0.4, -0.2) is 13.0 Å². The van der Waals surface area contributed by atoms with Crippen LogP contribution in [0.3, 0.4) is 0 Å². The van der Waals surface area contributed by atoms with E-state index in [-0.39, 0.29) is 0 Å². The molecular weight excluding hydrogens is 138 g/mol. The molecule has 0 spiro atoms. The summed E-state index contributed by atoms with van der Waals surface area (Å²) >= 11 is 0. The van der Waals surface area contributed by atoms with Gasteiger partial charge >= 0.3 is 0 Å². The van der Waals surface area contributed by atoms with E-state index in [0.29, 0.717) is 0 Å². The second-order valence-corrected chi connectivity index (χ2v) is 2.37. The zero-order valence-electron chi connectivity index (χ0n) is 6.07. The third-order valence-electron chi connectivity index (χ3n) is 1.62. The molecule has 0 bridgehead atoms. The number of nitrogens with one attached hydrogen (secondary N) is 1. The summed E-state index contributed by atoms with van der Waals surface area (Å²) in [7, 11) is 0. The Balaban J connectivity index is 2.23. The Morgan fingerprint density at radius 2 is 2.09 bits per heavy atom. The van der Waals surface area contributed by atoms with Crippen LogP contribution in [0.4, 0.5) is 5.69 Å². The topological polar surface area (TPSA) is 27.6 Å². The molecule has 3 heteroatoms. The van der Waals surface area contributed by atoms with E-state index < -0.39 is 0 Å². The van der Waals surface area contributed by atoms with Crippen LogP contribution >= 0.6 is 0 Å². The smallest absolute Gasteiger partial charge is 0.117 e. The molecule has 1 aromatic carbocycles. The van der Waals surface area contributed by atoms with Crippen molar-refractivity contribution in [2.75, 3.05) is 11.6 Å². The molecule has 1 N–H and O–H groups in total. The molecule has 0 aliphatic carbocycles. The van der Waals surface area contributed by atoms with Crippen molar-refractivity contribution in [2.24, 2.45) is 5.10 Å². The molecule has 0 radical (unpaired) electrons. The highest BCUT2D eigenvalue weighted by molar-refractivity contribution is 5.79. The van der Waals surface area contributed by atoms with E-state index >= 15 is 0 Å². The molecule has 0 atom stereocenters. The molecule has 0 saturated carbocycles. The number of rotatable bonds is 1. The van der Waals surface area contributed by atoms with E-state index in [1.54, 1.807) is 6.34 Å². The van der Waals surface area contributed by atoms with Crippen molar-refractivity contribution in [3.05, 3.63) is 30.3 Å². The molecule has 0 saturated heterocycles. The summed E-state index contributed by atoms with van der Waals surface area (Å²) in [5, 5.41) is 3.89. The Morgan fingerprint density at radius 1 is 1.27 bits per heavy atom. The first-order chi connectivity index (χ1) is 5.47. The van der Waals surface area contributed by atoms with Gasteiger partial charge in [-0.15, -0.1) is 0 Å². The standard InChI is InChI=1S/C8H9N3/c1-2-4-8(5-3-1)11-6-9-10-7-11/h1-6,10H,7H2. The molecule has 0 fully saturated rings. The zero-order valence-corrected chi connectivity index (χ0v) is 6.07. The highest BCUT2D eigenvalue weighted by Crippen LogP contribution is 2.11. The minimum absolute atomic E-state index is 0.768. The maximum Gasteiger partial charge on any atom is 0.117 e. The van der Waals surface area contributed by atoms with Crippen molar-refractivity contribution < 1.29 is 0 Å². The summed E-state index contributed by atoms with van der Waals surface area (Å²) in [5.41, 5.74) is 4.03. The van der Waals surface area contributed by atoms with Gasteiger partial charge in [-0.1, -0.05) is 18.2 Å². The van der Waals surface area contributed by atoms with Gasteiger partial charge in [0, 0.05) is 5.69 Å². The van der Waals surface area contributed by atoms with E-state index in [1.165, 1.54) is 5.69 Å². The minimum atomic E-state index is 0.768. The fourth-order valence-corrected chi connectivity index (χ4v) is 1.05. The van der Waals surface area contributed by atoms with Crippen molar-refractivity contribution in [3.8, 4) is 0 Å². The highest BCUT2D eigenvalue weighted by atomic mass is 15.5. The van der Waals surface area contributed by atoms with Crippen molar-refractivity contribution in [1.82, 2.24) is 5.43 Å². The first kappa shape index (κ1) is 6.22. The summed E-state index contributed by atoms with van der Waals surface area (Å²) in [4.78, 5) is 2.04. The number of benzene rings is 1. The van der Waals surface area contributed by atoms with Gasteiger partial charge in [0.1, 0.15) is 13.0 Å². The van der Waals surface area contributed by atoms with Crippen LogP contribution in [0, 0.1) is 0 Å². The van der Waals surface area contributed by atoms with E-state index in [1.807, 2.05) is 23.1 Å². The lowest BCUT2D eigenvalue weighted by molar-refractivity contribution is 0.808. The Kier molecular flexibility index (Phi) is 1.48. The quantitative estimate of drug-likeness (QED) is 0.641. The predicted octanol–water partition coefficient (Wildman–Crippen LogP) is 0.997. The third-order valence-corrected chi connectivity index (χ3v) is 1.62. The Hall–Kier alpha value is -1.51. The number of para-hydroxylation sites is 1. The molecule has 1 aliphatic heterocycles. The molecule has 1 aliphatic rings. The number of hydrazone groups is 1. The van der Waals surface area contributed by atoms with Gasteiger partial charge in [-0.25, -0.2) is 0 Å². The van der Waals surface area contributed by atoms with Crippen LogP contribution in [0.25, 0.3) is 0 Å². The van der Waals surface area contributed by atoms with Crippen molar-refractivity contribution in [2.45, 2.75) is 0 Å². The fourth-order valence-electron chi connectivity index (χ4n) is 1.05. The van der Waals surface area contributed by atoms with Gasteiger partial charge in [-0.3, -0.25) is 5.43 Å². The number of hydrogen-bond acceptors (Lipinski definition) is 3. The van der Waals surface area contributed by atoms with Crippen LogP contribution < -0.4 is 10.3 Å². The monoisotopic (exact) mass is 147 g/mol. The summed E-state index contributed by atoms with van der Waals surface area (Å²) in [6, 6.07) is 10.1. The molecule has 1 aromatic rings. The second kappa shape index (κ2) is 2.62. The van der Waals surface area contributed by atoms with Crippen LogP contribution in [0.15, 0.2) is 35.4 Å². The van der Waals surface area contributed by atoms with E-state index in [2.05, 4.69) is 22.7 Å². The molecule has 0 unspecified atom stereocenters. The summed E-state index contributed by atoms with van der Waals surface area (Å²) in [6.45, 7) is 0.768. The largest absolute Gasteiger partial charge is 0.311 e. The van der Waals surface area contributed by atoms with Gasteiger partial charge < -0.3 is 4.90 Å². The SMILES string of the molecule is C1=NNCN1c1ccccc1. The highest BCUT2D eigenvalue weighted by Gasteiger charge is 2.04. The van der Waals surface area contributed by atoms with Crippen LogP contribution in [-0.2, 0) is 0 Å². The lowest BCUT2D eigenvalue weighted by Crippen LogP contribution is -2.21. The Labute approximate surface area is 65.3 Å². The molecular formula is C8H9N3. The predicted molar refractivity (Wildman–Crippen MR) is 45.4 cm³/mol. The molecule has 1 heterocycles. The average molecular weight is 147 g/mol. The molecule has 11 heavy (non-hydrogen) atoms. The van der Waals surface area contributed by atoms with Gasteiger partial charge in [-0.2, -0.15) is 5.10 Å². The number of nitrogens with zero attached hydrogens (tertiary/aromatic N) is 2. The number of hydrogen-bond donors (Lipinski definition) is 1. The first-order valence-corrected chi connectivity index (χ1v) is 3.54. The molecule has 3 nitrogen and oxygen atoms in total.